The van der Waals surface area contributed by atoms with Crippen LogP contribution in [0.1, 0.15) is 6.92 Å². The zero-order valence-corrected chi connectivity index (χ0v) is 17.3. The van der Waals surface area contributed by atoms with E-state index in [1.165, 1.54) is 6.92 Å². The van der Waals surface area contributed by atoms with E-state index in [9.17, 15) is 9.59 Å². The number of nitrogens with one attached hydrogen (secondary N) is 2. The summed E-state index contributed by atoms with van der Waals surface area (Å²) in [7, 11) is 1.56. The molecule has 31 heavy (non-hydrogen) atoms. The van der Waals surface area contributed by atoms with Crippen LogP contribution in [0.15, 0.2) is 78.9 Å². The standard InChI is InChI=1S/C24H24N2O5/c1-17(24(28)26-20-8-12-21(29-2)13-9-20)31-23(27)16-30-22-14-10-19(11-15-22)25-18-6-4-3-5-7-18/h3-15,17,25H,16H2,1-2H3,(H,26,28)/t17-/m0/s1. The molecule has 0 saturated carbocycles. The quantitative estimate of drug-likeness (QED) is 0.500. The van der Waals surface area contributed by atoms with Gasteiger partial charge in [-0.15, -0.1) is 0 Å². The first kappa shape index (κ1) is 21.7. The average molecular weight is 420 g/mol. The van der Waals surface area contributed by atoms with Crippen molar-refractivity contribution >= 4 is 28.9 Å². The van der Waals surface area contributed by atoms with Crippen LogP contribution in [-0.2, 0) is 14.3 Å². The zero-order chi connectivity index (χ0) is 22.1. The summed E-state index contributed by atoms with van der Waals surface area (Å²) in [6.45, 7) is 1.20. The number of amides is 1. The van der Waals surface area contributed by atoms with Crippen molar-refractivity contribution in [2.24, 2.45) is 0 Å². The van der Waals surface area contributed by atoms with Gasteiger partial charge in [0.15, 0.2) is 12.7 Å². The lowest BCUT2D eigenvalue weighted by Gasteiger charge is -2.14. The van der Waals surface area contributed by atoms with Gasteiger partial charge >= 0.3 is 5.97 Å². The van der Waals surface area contributed by atoms with Gasteiger partial charge in [-0.25, -0.2) is 4.79 Å². The Kier molecular flexibility index (Phi) is 7.48. The second-order valence-electron chi connectivity index (χ2n) is 6.65. The van der Waals surface area contributed by atoms with Gasteiger partial charge in [0, 0.05) is 17.1 Å². The predicted octanol–water partition coefficient (Wildman–Crippen LogP) is 4.39. The van der Waals surface area contributed by atoms with Gasteiger partial charge < -0.3 is 24.8 Å². The second kappa shape index (κ2) is 10.7. The summed E-state index contributed by atoms with van der Waals surface area (Å²) in [6.07, 6.45) is -0.962. The molecule has 0 unspecified atom stereocenters. The van der Waals surface area contributed by atoms with Crippen LogP contribution in [0.4, 0.5) is 17.1 Å². The number of esters is 1. The Morgan fingerprint density at radius 3 is 2.03 bits per heavy atom. The number of hydrogen-bond acceptors (Lipinski definition) is 6. The molecule has 0 bridgehead atoms. The molecule has 1 atom stereocenters. The molecule has 0 aromatic heterocycles. The fourth-order valence-corrected chi connectivity index (χ4v) is 2.67. The highest BCUT2D eigenvalue weighted by molar-refractivity contribution is 5.95. The van der Waals surface area contributed by atoms with Crippen LogP contribution in [-0.4, -0.2) is 31.7 Å². The van der Waals surface area contributed by atoms with Crippen LogP contribution in [0.25, 0.3) is 0 Å². The van der Waals surface area contributed by atoms with E-state index in [0.29, 0.717) is 17.2 Å². The van der Waals surface area contributed by atoms with Crippen molar-refractivity contribution in [3.05, 3.63) is 78.9 Å². The molecule has 2 N–H and O–H groups in total. The molecule has 0 aliphatic heterocycles. The molecule has 3 aromatic carbocycles. The minimum Gasteiger partial charge on any atom is -0.497 e. The lowest BCUT2D eigenvalue weighted by Crippen LogP contribution is -2.31. The molecule has 0 fully saturated rings. The van der Waals surface area contributed by atoms with Crippen LogP contribution < -0.4 is 20.1 Å². The third-order valence-electron chi connectivity index (χ3n) is 4.31. The Morgan fingerprint density at radius 2 is 1.39 bits per heavy atom. The predicted molar refractivity (Wildman–Crippen MR) is 119 cm³/mol. The highest BCUT2D eigenvalue weighted by atomic mass is 16.6. The van der Waals surface area contributed by atoms with E-state index in [1.54, 1.807) is 43.5 Å². The number of para-hydroxylation sites is 1. The van der Waals surface area contributed by atoms with E-state index in [0.717, 1.165) is 11.4 Å². The van der Waals surface area contributed by atoms with Crippen molar-refractivity contribution in [2.75, 3.05) is 24.4 Å². The minimum atomic E-state index is -0.962. The highest BCUT2D eigenvalue weighted by Gasteiger charge is 2.18. The molecule has 0 spiro atoms. The topological polar surface area (TPSA) is 85.9 Å². The van der Waals surface area contributed by atoms with E-state index in [1.807, 2.05) is 42.5 Å². The molecule has 3 aromatic rings. The van der Waals surface area contributed by atoms with Gasteiger partial charge in [0.25, 0.3) is 5.91 Å². The number of ether oxygens (including phenoxy) is 3. The van der Waals surface area contributed by atoms with Gasteiger partial charge in [-0.2, -0.15) is 0 Å². The first-order chi connectivity index (χ1) is 15.0. The summed E-state index contributed by atoms with van der Waals surface area (Å²) in [6, 6.07) is 23.8. The van der Waals surface area contributed by atoms with Crippen molar-refractivity contribution in [1.29, 1.82) is 0 Å². The number of carbonyl (C=O) groups excluding carboxylic acids is 2. The number of rotatable bonds is 9. The Bertz CT molecular complexity index is 989. The molecule has 1 amide bonds. The summed E-state index contributed by atoms with van der Waals surface area (Å²) in [4.78, 5) is 24.2. The van der Waals surface area contributed by atoms with E-state index in [4.69, 9.17) is 14.2 Å². The molecule has 7 nitrogen and oxygen atoms in total. The molecule has 0 aliphatic carbocycles. The SMILES string of the molecule is COc1ccc(NC(=O)[C@H](C)OC(=O)COc2ccc(Nc3ccccc3)cc2)cc1. The maximum Gasteiger partial charge on any atom is 0.344 e. The van der Waals surface area contributed by atoms with E-state index < -0.39 is 18.0 Å². The zero-order valence-electron chi connectivity index (χ0n) is 17.3. The van der Waals surface area contributed by atoms with Crippen molar-refractivity contribution in [3.8, 4) is 11.5 Å². The van der Waals surface area contributed by atoms with Gasteiger partial charge in [-0.05, 0) is 67.6 Å². The maximum absolute atomic E-state index is 12.2. The smallest absolute Gasteiger partial charge is 0.344 e. The normalized spacial score (nSPS) is 11.2. The molecule has 7 heteroatoms. The molecule has 0 saturated heterocycles. The molecule has 0 heterocycles. The monoisotopic (exact) mass is 420 g/mol. The van der Waals surface area contributed by atoms with Crippen LogP contribution in [0.2, 0.25) is 0 Å². The fourth-order valence-electron chi connectivity index (χ4n) is 2.67. The van der Waals surface area contributed by atoms with Crippen molar-refractivity contribution < 1.29 is 23.8 Å². The van der Waals surface area contributed by atoms with Crippen molar-refractivity contribution in [3.63, 3.8) is 0 Å². The number of hydrogen-bond donors (Lipinski definition) is 2. The first-order valence-corrected chi connectivity index (χ1v) is 9.73. The average Bonchev–Trinajstić information content (AvgIpc) is 2.80. The highest BCUT2D eigenvalue weighted by Crippen LogP contribution is 2.20. The van der Waals surface area contributed by atoms with Crippen LogP contribution in [0.3, 0.4) is 0 Å². The van der Waals surface area contributed by atoms with Gasteiger partial charge in [-0.3, -0.25) is 4.79 Å². The molecule has 160 valence electrons. The number of methoxy groups -OCH3 is 1. The first-order valence-electron chi connectivity index (χ1n) is 9.73. The summed E-state index contributed by atoms with van der Waals surface area (Å²) >= 11 is 0. The van der Waals surface area contributed by atoms with Gasteiger partial charge in [0.2, 0.25) is 0 Å². The summed E-state index contributed by atoms with van der Waals surface area (Å²) < 4.78 is 15.7. The maximum atomic E-state index is 12.2. The largest absolute Gasteiger partial charge is 0.497 e. The summed E-state index contributed by atoms with van der Waals surface area (Å²) in [5, 5.41) is 5.94. The van der Waals surface area contributed by atoms with Gasteiger partial charge in [0.1, 0.15) is 11.5 Å². The van der Waals surface area contributed by atoms with Gasteiger partial charge in [-0.1, -0.05) is 18.2 Å². The number of anilines is 3. The lowest BCUT2D eigenvalue weighted by molar-refractivity contribution is -0.155. The molecular weight excluding hydrogens is 396 g/mol. The molecular formula is C24H24N2O5. The molecule has 0 radical (unpaired) electrons. The van der Waals surface area contributed by atoms with E-state index in [-0.39, 0.29) is 6.61 Å². The van der Waals surface area contributed by atoms with Crippen LogP contribution in [0.5, 0.6) is 11.5 Å². The molecule has 3 rings (SSSR count). The molecule has 0 aliphatic rings. The van der Waals surface area contributed by atoms with Crippen molar-refractivity contribution in [1.82, 2.24) is 0 Å². The summed E-state index contributed by atoms with van der Waals surface area (Å²) in [5.74, 6) is 0.128. The summed E-state index contributed by atoms with van der Waals surface area (Å²) in [5.41, 5.74) is 2.45. The fraction of sp³-hybridized carbons (Fsp3) is 0.167. The Balaban J connectivity index is 1.42. The second-order valence-corrected chi connectivity index (χ2v) is 6.65. The van der Waals surface area contributed by atoms with Crippen LogP contribution >= 0.6 is 0 Å². The number of carbonyl (C=O) groups is 2. The van der Waals surface area contributed by atoms with Gasteiger partial charge in [0.05, 0.1) is 7.11 Å². The third-order valence-corrected chi connectivity index (χ3v) is 4.31. The Hall–Kier alpha value is -4.00. The number of benzene rings is 3. The minimum absolute atomic E-state index is 0.300. The third kappa shape index (κ3) is 6.78. The van der Waals surface area contributed by atoms with E-state index in [2.05, 4.69) is 10.6 Å². The Morgan fingerprint density at radius 1 is 0.806 bits per heavy atom. The van der Waals surface area contributed by atoms with Crippen molar-refractivity contribution in [2.45, 2.75) is 13.0 Å². The van der Waals surface area contributed by atoms with Crippen LogP contribution in [0, 0.1) is 0 Å². The lowest BCUT2D eigenvalue weighted by atomic mass is 10.2. The Labute approximate surface area is 180 Å². The van der Waals surface area contributed by atoms with E-state index >= 15 is 0 Å².